The van der Waals surface area contributed by atoms with Gasteiger partial charge in [-0.05, 0) is 43.2 Å². The maximum absolute atomic E-state index is 12.3. The van der Waals surface area contributed by atoms with Gasteiger partial charge in [0.15, 0.2) is 0 Å². The van der Waals surface area contributed by atoms with Crippen LogP contribution in [0.25, 0.3) is 0 Å². The number of ether oxygens (including phenoxy) is 2. The van der Waals surface area contributed by atoms with Crippen molar-refractivity contribution >= 4 is 5.91 Å². The van der Waals surface area contributed by atoms with Crippen molar-refractivity contribution in [2.45, 2.75) is 20.4 Å². The summed E-state index contributed by atoms with van der Waals surface area (Å²) < 4.78 is 11.1. The third-order valence-corrected chi connectivity index (χ3v) is 4.70. The highest BCUT2D eigenvalue weighted by Crippen LogP contribution is 2.18. The molecule has 0 bridgehead atoms. The first-order valence-corrected chi connectivity index (χ1v) is 9.49. The molecular formula is C22H28N2O3. The second-order valence-corrected chi connectivity index (χ2v) is 6.96. The molecule has 1 aliphatic rings. The van der Waals surface area contributed by atoms with Crippen LogP contribution < -0.4 is 10.1 Å². The summed E-state index contributed by atoms with van der Waals surface area (Å²) in [5, 5.41) is 2.91. The zero-order chi connectivity index (χ0) is 19.1. The highest BCUT2D eigenvalue weighted by atomic mass is 16.5. The Labute approximate surface area is 161 Å². The van der Waals surface area contributed by atoms with E-state index in [4.69, 9.17) is 9.47 Å². The molecule has 0 aromatic heterocycles. The van der Waals surface area contributed by atoms with Crippen LogP contribution in [0, 0.1) is 13.8 Å². The molecule has 1 saturated heterocycles. The Balaban J connectivity index is 1.42. The first-order chi connectivity index (χ1) is 13.1. The zero-order valence-electron chi connectivity index (χ0n) is 16.2. The predicted molar refractivity (Wildman–Crippen MR) is 106 cm³/mol. The normalized spacial score (nSPS) is 14.7. The van der Waals surface area contributed by atoms with E-state index in [9.17, 15) is 4.79 Å². The Morgan fingerprint density at radius 1 is 1.11 bits per heavy atom. The number of nitrogens with one attached hydrogen (secondary N) is 1. The van der Waals surface area contributed by atoms with Crippen LogP contribution >= 0.6 is 0 Å². The number of hydrogen-bond donors (Lipinski definition) is 1. The molecule has 0 aliphatic carbocycles. The molecule has 1 aliphatic heterocycles. The van der Waals surface area contributed by atoms with Crippen molar-refractivity contribution in [3.63, 3.8) is 0 Å². The van der Waals surface area contributed by atoms with E-state index in [-0.39, 0.29) is 5.91 Å². The van der Waals surface area contributed by atoms with Gasteiger partial charge in [-0.1, -0.05) is 29.8 Å². The summed E-state index contributed by atoms with van der Waals surface area (Å²) in [6.07, 6.45) is 0. The number of carbonyl (C=O) groups is 1. The molecule has 0 radical (unpaired) electrons. The summed E-state index contributed by atoms with van der Waals surface area (Å²) in [6, 6.07) is 13.9. The lowest BCUT2D eigenvalue weighted by Gasteiger charge is -2.26. The van der Waals surface area contributed by atoms with E-state index in [1.807, 2.05) is 43.3 Å². The summed E-state index contributed by atoms with van der Waals surface area (Å²) in [5.41, 5.74) is 4.21. The quantitative estimate of drug-likeness (QED) is 0.764. The van der Waals surface area contributed by atoms with Gasteiger partial charge in [-0.2, -0.15) is 0 Å². The van der Waals surface area contributed by atoms with Gasteiger partial charge < -0.3 is 14.8 Å². The molecule has 0 saturated carbocycles. The molecule has 5 nitrogen and oxygen atoms in total. The summed E-state index contributed by atoms with van der Waals surface area (Å²) in [5.74, 6) is 0.791. The van der Waals surface area contributed by atoms with Gasteiger partial charge in [0.25, 0.3) is 5.91 Å². The fourth-order valence-corrected chi connectivity index (χ4v) is 3.17. The van der Waals surface area contributed by atoms with Gasteiger partial charge in [0.2, 0.25) is 0 Å². The molecule has 27 heavy (non-hydrogen) atoms. The summed E-state index contributed by atoms with van der Waals surface area (Å²) in [4.78, 5) is 14.6. The third kappa shape index (κ3) is 5.81. The van der Waals surface area contributed by atoms with Gasteiger partial charge in [0.05, 0.1) is 19.8 Å². The van der Waals surface area contributed by atoms with Gasteiger partial charge in [-0.25, -0.2) is 0 Å². The summed E-state index contributed by atoms with van der Waals surface area (Å²) in [7, 11) is 0. The van der Waals surface area contributed by atoms with Crippen LogP contribution in [0.1, 0.15) is 27.0 Å². The highest BCUT2D eigenvalue weighted by Gasteiger charge is 2.11. The average Bonchev–Trinajstić information content (AvgIpc) is 2.68. The second-order valence-electron chi connectivity index (χ2n) is 6.96. The van der Waals surface area contributed by atoms with Gasteiger partial charge in [0.1, 0.15) is 12.4 Å². The molecule has 1 heterocycles. The summed E-state index contributed by atoms with van der Waals surface area (Å²) >= 11 is 0. The van der Waals surface area contributed by atoms with Crippen LogP contribution in [0.5, 0.6) is 5.75 Å². The minimum atomic E-state index is -0.0721. The van der Waals surface area contributed by atoms with Crippen molar-refractivity contribution < 1.29 is 14.3 Å². The lowest BCUT2D eigenvalue weighted by Crippen LogP contribution is -2.35. The smallest absolute Gasteiger partial charge is 0.251 e. The molecule has 144 valence electrons. The number of carbonyl (C=O) groups excluding carboxylic acids is 1. The van der Waals surface area contributed by atoms with Crippen molar-refractivity contribution in [2.75, 3.05) is 39.5 Å². The Hall–Kier alpha value is -2.37. The molecule has 0 spiro atoms. The van der Waals surface area contributed by atoms with Gasteiger partial charge in [-0.15, -0.1) is 0 Å². The van der Waals surface area contributed by atoms with E-state index in [1.165, 1.54) is 11.1 Å². The molecule has 2 aromatic carbocycles. The molecule has 5 heteroatoms. The molecule has 0 unspecified atom stereocenters. The van der Waals surface area contributed by atoms with Crippen molar-refractivity contribution in [1.82, 2.24) is 10.2 Å². The molecule has 1 fully saturated rings. The number of benzene rings is 2. The molecule has 1 amide bonds. The van der Waals surface area contributed by atoms with Crippen LogP contribution in [0.2, 0.25) is 0 Å². The van der Waals surface area contributed by atoms with Crippen molar-refractivity contribution in [3.05, 3.63) is 64.7 Å². The van der Waals surface area contributed by atoms with Crippen molar-refractivity contribution in [2.24, 2.45) is 0 Å². The van der Waals surface area contributed by atoms with E-state index in [0.717, 1.165) is 44.2 Å². The molecule has 3 rings (SSSR count). The number of aryl methyl sites for hydroxylation is 2. The largest absolute Gasteiger partial charge is 0.491 e. The van der Waals surface area contributed by atoms with Gasteiger partial charge >= 0.3 is 0 Å². The maximum atomic E-state index is 12.3. The van der Waals surface area contributed by atoms with E-state index in [1.54, 1.807) is 0 Å². The standard InChI is InChI=1S/C22H28N2O3/c1-17-3-8-21(18(2)15-17)27-12-9-23-22(25)20-6-4-19(5-7-20)16-24-10-13-26-14-11-24/h3-8,15H,9-14,16H2,1-2H3,(H,23,25). The SMILES string of the molecule is Cc1ccc(OCCNC(=O)c2ccc(CN3CCOCC3)cc2)c(C)c1. The zero-order valence-corrected chi connectivity index (χ0v) is 16.2. The average molecular weight is 368 g/mol. The number of nitrogens with zero attached hydrogens (tertiary/aromatic N) is 1. The van der Waals surface area contributed by atoms with E-state index < -0.39 is 0 Å². The van der Waals surface area contributed by atoms with Crippen LogP contribution in [0.15, 0.2) is 42.5 Å². The maximum Gasteiger partial charge on any atom is 0.251 e. The Bertz CT molecular complexity index is 753. The predicted octanol–water partition coefficient (Wildman–Crippen LogP) is 2.94. The molecule has 2 aromatic rings. The first kappa shape index (κ1) is 19.4. The third-order valence-electron chi connectivity index (χ3n) is 4.70. The topological polar surface area (TPSA) is 50.8 Å². The Kier molecular flexibility index (Phi) is 6.85. The van der Waals surface area contributed by atoms with E-state index in [2.05, 4.69) is 23.2 Å². The van der Waals surface area contributed by atoms with Crippen LogP contribution in [0.4, 0.5) is 0 Å². The molecule has 0 atom stereocenters. The lowest BCUT2D eigenvalue weighted by molar-refractivity contribution is 0.0342. The van der Waals surface area contributed by atoms with Gasteiger partial charge in [0, 0.05) is 25.2 Å². The lowest BCUT2D eigenvalue weighted by atomic mass is 10.1. The minimum Gasteiger partial charge on any atom is -0.491 e. The number of morpholine rings is 1. The molecular weight excluding hydrogens is 340 g/mol. The van der Waals surface area contributed by atoms with Crippen molar-refractivity contribution in [3.8, 4) is 5.75 Å². The fraction of sp³-hybridized carbons (Fsp3) is 0.409. The first-order valence-electron chi connectivity index (χ1n) is 9.49. The van der Waals surface area contributed by atoms with Crippen LogP contribution in [0.3, 0.4) is 0 Å². The summed E-state index contributed by atoms with van der Waals surface area (Å²) in [6.45, 7) is 9.42. The highest BCUT2D eigenvalue weighted by molar-refractivity contribution is 5.94. The van der Waals surface area contributed by atoms with Crippen LogP contribution in [-0.2, 0) is 11.3 Å². The monoisotopic (exact) mass is 368 g/mol. The Morgan fingerprint density at radius 2 is 1.85 bits per heavy atom. The van der Waals surface area contributed by atoms with E-state index >= 15 is 0 Å². The van der Waals surface area contributed by atoms with Crippen molar-refractivity contribution in [1.29, 1.82) is 0 Å². The van der Waals surface area contributed by atoms with Gasteiger partial charge in [-0.3, -0.25) is 9.69 Å². The van der Waals surface area contributed by atoms with Crippen LogP contribution in [-0.4, -0.2) is 50.3 Å². The second kappa shape index (κ2) is 9.53. The number of amides is 1. The minimum absolute atomic E-state index is 0.0721. The van der Waals surface area contributed by atoms with E-state index in [0.29, 0.717) is 18.7 Å². The fourth-order valence-electron chi connectivity index (χ4n) is 3.17. The number of hydrogen-bond acceptors (Lipinski definition) is 4. The molecule has 1 N–H and O–H groups in total. The Morgan fingerprint density at radius 3 is 2.56 bits per heavy atom. The number of rotatable bonds is 7.